The van der Waals surface area contributed by atoms with Gasteiger partial charge < -0.3 is 24.4 Å². The fraction of sp³-hybridized carbons (Fsp3) is 0.417. The Bertz CT molecular complexity index is 838. The number of nitrogens with zero attached hydrogens (tertiary/aromatic N) is 1. The molecular formula is C24H32N2O5. The first-order valence-electron chi connectivity index (χ1n) is 10.5. The molecule has 0 spiro atoms. The van der Waals surface area contributed by atoms with Crippen LogP contribution in [-0.2, 0) is 16.1 Å². The highest BCUT2D eigenvalue weighted by atomic mass is 16.5. The van der Waals surface area contributed by atoms with Gasteiger partial charge in [0, 0.05) is 13.1 Å². The van der Waals surface area contributed by atoms with Crippen molar-refractivity contribution < 1.29 is 23.8 Å². The Balaban J connectivity index is 2.14. The van der Waals surface area contributed by atoms with Gasteiger partial charge in [-0.1, -0.05) is 37.6 Å². The molecule has 0 aliphatic carbocycles. The summed E-state index contributed by atoms with van der Waals surface area (Å²) in [6.45, 7) is 4.45. The van der Waals surface area contributed by atoms with E-state index in [1.807, 2.05) is 30.3 Å². The van der Waals surface area contributed by atoms with Crippen molar-refractivity contribution >= 4 is 11.8 Å². The number of rotatable bonds is 12. The van der Waals surface area contributed by atoms with Crippen LogP contribution in [0.1, 0.15) is 32.3 Å². The summed E-state index contributed by atoms with van der Waals surface area (Å²) in [4.78, 5) is 27.2. The smallest absolute Gasteiger partial charge is 0.261 e. The summed E-state index contributed by atoms with van der Waals surface area (Å²) in [6.07, 6.45) is 1.87. The molecule has 0 bridgehead atoms. The quantitative estimate of drug-likeness (QED) is 0.524. The molecule has 2 rings (SSSR count). The molecule has 2 aromatic carbocycles. The van der Waals surface area contributed by atoms with E-state index in [2.05, 4.69) is 12.2 Å². The minimum Gasteiger partial charge on any atom is -0.497 e. The lowest BCUT2D eigenvalue weighted by molar-refractivity contribution is -0.142. The average molecular weight is 429 g/mol. The molecule has 0 radical (unpaired) electrons. The lowest BCUT2D eigenvalue weighted by atomic mass is 10.1. The maximum absolute atomic E-state index is 13.1. The average Bonchev–Trinajstić information content (AvgIpc) is 2.81. The molecule has 2 amide bonds. The van der Waals surface area contributed by atoms with E-state index in [0.717, 1.165) is 24.2 Å². The summed E-state index contributed by atoms with van der Waals surface area (Å²) >= 11 is 0. The van der Waals surface area contributed by atoms with Gasteiger partial charge in [-0.25, -0.2) is 0 Å². The van der Waals surface area contributed by atoms with E-state index < -0.39 is 6.04 Å². The number of methoxy groups -OCH3 is 2. The van der Waals surface area contributed by atoms with Gasteiger partial charge in [-0.05, 0) is 43.2 Å². The van der Waals surface area contributed by atoms with Crippen molar-refractivity contribution in [1.29, 1.82) is 0 Å². The highest BCUT2D eigenvalue weighted by Crippen LogP contribution is 2.26. The highest BCUT2D eigenvalue weighted by molar-refractivity contribution is 5.88. The molecule has 0 saturated carbocycles. The summed E-state index contributed by atoms with van der Waals surface area (Å²) in [5.74, 6) is 1.27. The number of unbranched alkanes of at least 4 members (excludes halogenated alkanes) is 1. The summed E-state index contributed by atoms with van der Waals surface area (Å²) in [6, 6.07) is 13.9. The minimum absolute atomic E-state index is 0.187. The number of carbonyl (C=O) groups excluding carboxylic acids is 2. The Morgan fingerprint density at radius 1 is 1.00 bits per heavy atom. The van der Waals surface area contributed by atoms with Crippen molar-refractivity contribution in [1.82, 2.24) is 10.2 Å². The van der Waals surface area contributed by atoms with Crippen molar-refractivity contribution in [3.63, 3.8) is 0 Å². The molecule has 1 N–H and O–H groups in total. The molecule has 168 valence electrons. The second kappa shape index (κ2) is 12.5. The van der Waals surface area contributed by atoms with Crippen LogP contribution in [0, 0.1) is 0 Å². The summed E-state index contributed by atoms with van der Waals surface area (Å²) < 4.78 is 16.2. The molecule has 0 saturated heterocycles. The van der Waals surface area contributed by atoms with Gasteiger partial charge in [0.05, 0.1) is 14.2 Å². The number of para-hydroxylation sites is 2. The van der Waals surface area contributed by atoms with Crippen LogP contribution in [0.4, 0.5) is 0 Å². The largest absolute Gasteiger partial charge is 0.497 e. The summed E-state index contributed by atoms with van der Waals surface area (Å²) in [5.41, 5.74) is 0.889. The molecule has 0 heterocycles. The van der Waals surface area contributed by atoms with Crippen LogP contribution in [0.3, 0.4) is 0 Å². The first kappa shape index (κ1) is 24.1. The van der Waals surface area contributed by atoms with Crippen LogP contribution in [0.25, 0.3) is 0 Å². The van der Waals surface area contributed by atoms with Gasteiger partial charge in [-0.3, -0.25) is 9.59 Å². The summed E-state index contributed by atoms with van der Waals surface area (Å²) in [5, 5.41) is 2.90. The molecule has 31 heavy (non-hydrogen) atoms. The molecule has 0 fully saturated rings. The van der Waals surface area contributed by atoms with E-state index >= 15 is 0 Å². The Kier molecular flexibility index (Phi) is 9.68. The zero-order chi connectivity index (χ0) is 22.6. The Morgan fingerprint density at radius 3 is 2.29 bits per heavy atom. The molecule has 0 aliphatic heterocycles. The normalized spacial score (nSPS) is 11.4. The van der Waals surface area contributed by atoms with E-state index in [1.54, 1.807) is 39.3 Å². The van der Waals surface area contributed by atoms with Crippen LogP contribution in [-0.4, -0.2) is 50.1 Å². The standard InChI is InChI=1S/C24H32N2O5/c1-5-6-15-25-24(28)18(2)26(16-19-11-13-20(29-3)14-12-19)23(27)17-31-22-10-8-7-9-21(22)30-4/h7-14,18H,5-6,15-17H2,1-4H3,(H,25,28)/t18-/m1/s1. The van der Waals surface area contributed by atoms with E-state index in [0.29, 0.717) is 18.0 Å². The van der Waals surface area contributed by atoms with E-state index in [4.69, 9.17) is 14.2 Å². The van der Waals surface area contributed by atoms with Crippen LogP contribution >= 0.6 is 0 Å². The van der Waals surface area contributed by atoms with Crippen molar-refractivity contribution in [3.05, 3.63) is 54.1 Å². The monoisotopic (exact) mass is 428 g/mol. The fourth-order valence-electron chi connectivity index (χ4n) is 3.01. The Hall–Kier alpha value is -3.22. The van der Waals surface area contributed by atoms with Crippen molar-refractivity contribution in [2.24, 2.45) is 0 Å². The van der Waals surface area contributed by atoms with Gasteiger partial charge in [0.1, 0.15) is 11.8 Å². The third-order valence-corrected chi connectivity index (χ3v) is 4.93. The maximum atomic E-state index is 13.1. The lowest BCUT2D eigenvalue weighted by Gasteiger charge is -2.29. The van der Waals surface area contributed by atoms with Crippen molar-refractivity contribution in [3.8, 4) is 17.2 Å². The molecule has 2 aromatic rings. The molecule has 7 heteroatoms. The third kappa shape index (κ3) is 7.20. The van der Waals surface area contributed by atoms with E-state index in [-0.39, 0.29) is 25.0 Å². The Morgan fingerprint density at radius 2 is 1.68 bits per heavy atom. The van der Waals surface area contributed by atoms with Crippen LogP contribution in [0.5, 0.6) is 17.2 Å². The van der Waals surface area contributed by atoms with Crippen molar-refractivity contribution in [2.45, 2.75) is 39.3 Å². The van der Waals surface area contributed by atoms with Gasteiger partial charge in [0.25, 0.3) is 5.91 Å². The van der Waals surface area contributed by atoms with Crippen LogP contribution < -0.4 is 19.5 Å². The zero-order valence-corrected chi connectivity index (χ0v) is 18.7. The number of hydrogen-bond donors (Lipinski definition) is 1. The van der Waals surface area contributed by atoms with Crippen molar-refractivity contribution in [2.75, 3.05) is 27.4 Å². The first-order chi connectivity index (χ1) is 15.0. The summed E-state index contributed by atoms with van der Waals surface area (Å²) in [7, 11) is 3.14. The van der Waals surface area contributed by atoms with Crippen LogP contribution in [0.2, 0.25) is 0 Å². The number of carbonyl (C=O) groups is 2. The van der Waals surface area contributed by atoms with Gasteiger partial charge in [-0.2, -0.15) is 0 Å². The number of nitrogens with one attached hydrogen (secondary N) is 1. The third-order valence-electron chi connectivity index (χ3n) is 4.93. The molecule has 1 atom stereocenters. The van der Waals surface area contributed by atoms with E-state index in [9.17, 15) is 9.59 Å². The SMILES string of the molecule is CCCCNC(=O)[C@@H](C)N(Cc1ccc(OC)cc1)C(=O)COc1ccccc1OC. The number of amides is 2. The zero-order valence-electron chi connectivity index (χ0n) is 18.7. The van der Waals surface area contributed by atoms with Crippen LogP contribution in [0.15, 0.2) is 48.5 Å². The maximum Gasteiger partial charge on any atom is 0.261 e. The predicted octanol–water partition coefficient (Wildman–Crippen LogP) is 3.42. The number of hydrogen-bond acceptors (Lipinski definition) is 5. The molecule has 0 aromatic heterocycles. The molecule has 0 aliphatic rings. The second-order valence-corrected chi connectivity index (χ2v) is 7.13. The van der Waals surface area contributed by atoms with Gasteiger partial charge in [0.2, 0.25) is 5.91 Å². The second-order valence-electron chi connectivity index (χ2n) is 7.13. The minimum atomic E-state index is -0.646. The van der Waals surface area contributed by atoms with Gasteiger partial charge >= 0.3 is 0 Å². The highest BCUT2D eigenvalue weighted by Gasteiger charge is 2.26. The predicted molar refractivity (Wildman–Crippen MR) is 119 cm³/mol. The fourth-order valence-corrected chi connectivity index (χ4v) is 3.01. The van der Waals surface area contributed by atoms with Gasteiger partial charge in [0.15, 0.2) is 18.1 Å². The first-order valence-corrected chi connectivity index (χ1v) is 10.5. The lowest BCUT2D eigenvalue weighted by Crippen LogP contribution is -2.49. The topological polar surface area (TPSA) is 77.1 Å². The molecular weight excluding hydrogens is 396 g/mol. The number of ether oxygens (including phenoxy) is 3. The number of benzene rings is 2. The Labute approximate surface area is 184 Å². The van der Waals surface area contributed by atoms with E-state index in [1.165, 1.54) is 4.90 Å². The van der Waals surface area contributed by atoms with Gasteiger partial charge in [-0.15, -0.1) is 0 Å². The molecule has 0 unspecified atom stereocenters. The molecule has 7 nitrogen and oxygen atoms in total.